The third kappa shape index (κ3) is 2.95. The first-order valence-electron chi connectivity index (χ1n) is 8.47. The van der Waals surface area contributed by atoms with Crippen LogP contribution in [0.15, 0.2) is 48.5 Å². The molecule has 0 fully saturated rings. The van der Waals surface area contributed by atoms with Crippen LogP contribution in [0.1, 0.15) is 42.1 Å². The van der Waals surface area contributed by atoms with Crippen LogP contribution < -0.4 is 11.1 Å². The molecule has 25 heavy (non-hydrogen) atoms. The highest BCUT2D eigenvalue weighted by Crippen LogP contribution is 2.38. The molecule has 6 heteroatoms. The molecule has 0 aliphatic carbocycles. The Labute approximate surface area is 145 Å². The summed E-state index contributed by atoms with van der Waals surface area (Å²) in [5, 5.41) is 7.72. The molecule has 0 bridgehead atoms. The van der Waals surface area contributed by atoms with Crippen LogP contribution in [-0.2, 0) is 6.42 Å². The second-order valence-electron chi connectivity index (χ2n) is 6.33. The van der Waals surface area contributed by atoms with Crippen molar-refractivity contribution in [2.45, 2.75) is 31.8 Å². The lowest BCUT2D eigenvalue weighted by molar-refractivity contribution is 0.431. The number of nitrogens with one attached hydrogen (secondary N) is 1. The van der Waals surface area contributed by atoms with Crippen molar-refractivity contribution in [3.05, 3.63) is 71.0 Å². The van der Waals surface area contributed by atoms with Gasteiger partial charge in [0.1, 0.15) is 5.82 Å². The first-order valence-corrected chi connectivity index (χ1v) is 8.47. The van der Waals surface area contributed by atoms with E-state index in [1.807, 2.05) is 4.68 Å². The minimum absolute atomic E-state index is 0.0209. The number of halogens is 1. The maximum absolute atomic E-state index is 13.2. The van der Waals surface area contributed by atoms with Crippen LogP contribution >= 0.6 is 0 Å². The lowest BCUT2D eigenvalue weighted by Crippen LogP contribution is -2.28. The monoisotopic (exact) mass is 337 g/mol. The Morgan fingerprint density at radius 1 is 1.12 bits per heavy atom. The average Bonchev–Trinajstić information content (AvgIpc) is 3.01. The number of rotatable bonds is 3. The van der Waals surface area contributed by atoms with Gasteiger partial charge in [-0.1, -0.05) is 43.3 Å². The fraction of sp³-hybridized carbons (Fsp3) is 0.263. The number of nitrogens with zero attached hydrogens (tertiary/aromatic N) is 3. The second-order valence-corrected chi connectivity index (χ2v) is 6.33. The molecule has 0 saturated carbocycles. The largest absolute Gasteiger partial charge is 0.366 e. The van der Waals surface area contributed by atoms with Crippen molar-refractivity contribution < 1.29 is 4.39 Å². The number of hydrogen-bond acceptors (Lipinski definition) is 4. The second kappa shape index (κ2) is 6.20. The average molecular weight is 337 g/mol. The van der Waals surface area contributed by atoms with Gasteiger partial charge >= 0.3 is 0 Å². The number of aryl methyl sites for hydroxylation is 1. The van der Waals surface area contributed by atoms with Crippen molar-refractivity contribution >= 4 is 11.9 Å². The predicted molar refractivity (Wildman–Crippen MR) is 95.8 cm³/mol. The normalized spacial score (nSPS) is 19.3. The van der Waals surface area contributed by atoms with Crippen LogP contribution in [-0.4, -0.2) is 14.8 Å². The van der Waals surface area contributed by atoms with Crippen molar-refractivity contribution in [3.8, 4) is 0 Å². The van der Waals surface area contributed by atoms with Crippen LogP contribution in [0.25, 0.3) is 0 Å². The predicted octanol–water partition coefficient (Wildman–Crippen LogP) is 3.71. The van der Waals surface area contributed by atoms with E-state index in [2.05, 4.69) is 46.6 Å². The van der Waals surface area contributed by atoms with Gasteiger partial charge in [-0.15, -0.1) is 5.10 Å². The van der Waals surface area contributed by atoms with E-state index in [0.29, 0.717) is 5.95 Å². The summed E-state index contributed by atoms with van der Waals surface area (Å²) in [5.41, 5.74) is 9.29. The highest BCUT2D eigenvalue weighted by Gasteiger charge is 2.30. The quantitative estimate of drug-likeness (QED) is 0.764. The molecule has 128 valence electrons. The maximum Gasteiger partial charge on any atom is 0.241 e. The van der Waals surface area contributed by atoms with Gasteiger partial charge in [0.2, 0.25) is 11.9 Å². The molecule has 2 heterocycles. The summed E-state index contributed by atoms with van der Waals surface area (Å²) >= 11 is 0. The van der Waals surface area contributed by atoms with E-state index >= 15 is 0 Å². The first kappa shape index (κ1) is 15.6. The fourth-order valence-electron chi connectivity index (χ4n) is 3.36. The minimum atomic E-state index is -0.237. The fourth-order valence-corrected chi connectivity index (χ4v) is 3.36. The molecule has 0 spiro atoms. The molecule has 1 aliphatic heterocycles. The van der Waals surface area contributed by atoms with Gasteiger partial charge in [-0.05, 0) is 41.7 Å². The van der Waals surface area contributed by atoms with E-state index in [1.54, 1.807) is 12.1 Å². The van der Waals surface area contributed by atoms with Crippen LogP contribution in [0, 0.1) is 5.82 Å². The molecule has 0 saturated heterocycles. The number of benzene rings is 2. The highest BCUT2D eigenvalue weighted by atomic mass is 19.1. The summed E-state index contributed by atoms with van der Waals surface area (Å²) in [6.45, 7) is 2.14. The Kier molecular flexibility index (Phi) is 3.87. The molecular formula is C19H20FN5. The number of anilines is 2. The van der Waals surface area contributed by atoms with Gasteiger partial charge in [0, 0.05) is 0 Å². The van der Waals surface area contributed by atoms with Crippen molar-refractivity contribution in [2.75, 3.05) is 11.1 Å². The van der Waals surface area contributed by atoms with Crippen molar-refractivity contribution in [1.29, 1.82) is 0 Å². The summed E-state index contributed by atoms with van der Waals surface area (Å²) < 4.78 is 15.1. The number of fused-ring (bicyclic) bond motifs is 1. The van der Waals surface area contributed by atoms with Crippen molar-refractivity contribution in [1.82, 2.24) is 14.8 Å². The van der Waals surface area contributed by atoms with E-state index < -0.39 is 0 Å². The Morgan fingerprint density at radius 3 is 2.48 bits per heavy atom. The number of hydrogen-bond donors (Lipinski definition) is 2. The first-order chi connectivity index (χ1) is 12.1. The Hall–Kier alpha value is -2.89. The molecule has 4 rings (SSSR count). The third-order valence-corrected chi connectivity index (χ3v) is 4.75. The molecule has 3 aromatic rings. The van der Waals surface area contributed by atoms with E-state index in [0.717, 1.165) is 24.0 Å². The molecule has 2 aromatic carbocycles. The van der Waals surface area contributed by atoms with Crippen LogP contribution in [0.4, 0.5) is 16.3 Å². The zero-order valence-corrected chi connectivity index (χ0v) is 14.0. The van der Waals surface area contributed by atoms with E-state index in [9.17, 15) is 4.39 Å². The van der Waals surface area contributed by atoms with E-state index in [1.165, 1.54) is 17.7 Å². The highest BCUT2D eigenvalue weighted by molar-refractivity contribution is 5.42. The summed E-state index contributed by atoms with van der Waals surface area (Å²) in [4.78, 5) is 4.30. The molecule has 0 amide bonds. The van der Waals surface area contributed by atoms with Crippen molar-refractivity contribution in [2.24, 2.45) is 0 Å². The number of nitrogen functional groups attached to an aromatic ring is 1. The van der Waals surface area contributed by atoms with Gasteiger partial charge in [0.15, 0.2) is 0 Å². The summed E-state index contributed by atoms with van der Waals surface area (Å²) in [6.07, 6.45) is 1.79. The topological polar surface area (TPSA) is 68.8 Å². The van der Waals surface area contributed by atoms with Gasteiger partial charge in [-0.2, -0.15) is 4.98 Å². The molecule has 1 aromatic heterocycles. The standard InChI is InChI=1S/C19H20FN5/c1-2-12-3-5-14(6-4-12)17-11-16(13-7-9-15(20)10-8-13)22-19-23-18(21)24-25(17)19/h3-10,16-17H,2,11H2,1H3,(H3,21,22,23,24)/t16-,17-/m1/s1. The third-order valence-electron chi connectivity index (χ3n) is 4.75. The zero-order chi connectivity index (χ0) is 17.4. The lowest BCUT2D eigenvalue weighted by atomic mass is 9.93. The van der Waals surface area contributed by atoms with E-state index in [4.69, 9.17) is 5.73 Å². The molecule has 0 unspecified atom stereocenters. The molecule has 2 atom stereocenters. The van der Waals surface area contributed by atoms with Gasteiger partial charge in [0.25, 0.3) is 0 Å². The SMILES string of the molecule is CCc1ccc([C@H]2C[C@H](c3ccc(F)cc3)Nc3nc(N)nn32)cc1. The molecule has 3 N–H and O–H groups in total. The number of aromatic nitrogens is 3. The van der Waals surface area contributed by atoms with Crippen LogP contribution in [0.3, 0.4) is 0 Å². The smallest absolute Gasteiger partial charge is 0.241 e. The van der Waals surface area contributed by atoms with Crippen molar-refractivity contribution in [3.63, 3.8) is 0 Å². The number of nitrogens with two attached hydrogens (primary N) is 1. The molecule has 1 aliphatic rings. The van der Waals surface area contributed by atoms with Crippen LogP contribution in [0.2, 0.25) is 0 Å². The Morgan fingerprint density at radius 2 is 1.80 bits per heavy atom. The molecule has 0 radical (unpaired) electrons. The minimum Gasteiger partial charge on any atom is -0.366 e. The van der Waals surface area contributed by atoms with Crippen LogP contribution in [0.5, 0.6) is 0 Å². The molecular weight excluding hydrogens is 317 g/mol. The van der Waals surface area contributed by atoms with Gasteiger partial charge in [-0.3, -0.25) is 0 Å². The summed E-state index contributed by atoms with van der Waals surface area (Å²) in [7, 11) is 0. The lowest BCUT2D eigenvalue weighted by Gasteiger charge is -2.31. The Balaban J connectivity index is 1.72. The van der Waals surface area contributed by atoms with E-state index in [-0.39, 0.29) is 23.8 Å². The van der Waals surface area contributed by atoms with Gasteiger partial charge < -0.3 is 11.1 Å². The summed E-state index contributed by atoms with van der Waals surface area (Å²) in [6, 6.07) is 15.2. The zero-order valence-electron chi connectivity index (χ0n) is 14.0. The summed E-state index contributed by atoms with van der Waals surface area (Å²) in [5.74, 6) is 0.652. The van der Waals surface area contributed by atoms with Gasteiger partial charge in [0.05, 0.1) is 12.1 Å². The van der Waals surface area contributed by atoms with Gasteiger partial charge in [-0.25, -0.2) is 9.07 Å². The molecule has 5 nitrogen and oxygen atoms in total. The maximum atomic E-state index is 13.2. The Bertz CT molecular complexity index is 870.